The Hall–Kier alpha value is -2.04. The summed E-state index contributed by atoms with van der Waals surface area (Å²) < 4.78 is 5.07. The van der Waals surface area contributed by atoms with Crippen LogP contribution in [0.5, 0.6) is 5.75 Å². The molecule has 0 saturated heterocycles. The lowest BCUT2D eigenvalue weighted by molar-refractivity contribution is -0.123. The first-order valence-electron chi connectivity index (χ1n) is 6.77. The van der Waals surface area contributed by atoms with E-state index in [0.29, 0.717) is 18.0 Å². The van der Waals surface area contributed by atoms with Crippen molar-refractivity contribution in [2.24, 2.45) is 0 Å². The van der Waals surface area contributed by atoms with E-state index in [2.05, 4.69) is 12.2 Å². The van der Waals surface area contributed by atoms with Crippen molar-refractivity contribution in [3.63, 3.8) is 0 Å². The van der Waals surface area contributed by atoms with Crippen molar-refractivity contribution in [2.45, 2.75) is 26.7 Å². The van der Waals surface area contributed by atoms with Gasteiger partial charge in [0.15, 0.2) is 0 Å². The molecule has 5 nitrogen and oxygen atoms in total. The summed E-state index contributed by atoms with van der Waals surface area (Å²) in [6.45, 7) is 4.18. The van der Waals surface area contributed by atoms with Crippen LogP contribution in [0, 0.1) is 0 Å². The molecule has 1 rings (SSSR count). The van der Waals surface area contributed by atoms with Crippen LogP contribution in [0.4, 0.5) is 5.69 Å². The fourth-order valence-electron chi connectivity index (χ4n) is 1.75. The number of unbranched alkanes of at least 4 members (excludes halogenated alkanes) is 1. The summed E-state index contributed by atoms with van der Waals surface area (Å²) in [5.41, 5.74) is 0.684. The molecule has 0 aliphatic heterocycles. The molecular formula is C15H22N2O3. The molecule has 0 atom stereocenters. The van der Waals surface area contributed by atoms with E-state index in [1.54, 1.807) is 31.4 Å². The Labute approximate surface area is 119 Å². The van der Waals surface area contributed by atoms with Gasteiger partial charge in [0.05, 0.1) is 7.11 Å². The van der Waals surface area contributed by atoms with Crippen LogP contribution in [0.25, 0.3) is 0 Å². The van der Waals surface area contributed by atoms with Gasteiger partial charge >= 0.3 is 0 Å². The summed E-state index contributed by atoms with van der Waals surface area (Å²) >= 11 is 0. The molecule has 1 N–H and O–H groups in total. The first-order valence-corrected chi connectivity index (χ1v) is 6.77. The highest BCUT2D eigenvalue weighted by molar-refractivity contribution is 5.97. The predicted octanol–water partition coefficient (Wildman–Crippen LogP) is 1.96. The van der Waals surface area contributed by atoms with Crippen molar-refractivity contribution in [1.82, 2.24) is 5.32 Å². The van der Waals surface area contributed by atoms with E-state index in [-0.39, 0.29) is 18.4 Å². The average molecular weight is 278 g/mol. The molecule has 1 aromatic carbocycles. The minimum Gasteiger partial charge on any atom is -0.497 e. The van der Waals surface area contributed by atoms with Gasteiger partial charge in [-0.25, -0.2) is 0 Å². The topological polar surface area (TPSA) is 58.6 Å². The highest BCUT2D eigenvalue weighted by Gasteiger charge is 2.15. The number of ether oxygens (including phenoxy) is 1. The molecule has 0 aliphatic carbocycles. The minimum absolute atomic E-state index is 0.0331. The molecule has 0 aliphatic rings. The van der Waals surface area contributed by atoms with Crippen LogP contribution < -0.4 is 15.0 Å². The van der Waals surface area contributed by atoms with E-state index in [4.69, 9.17) is 4.74 Å². The molecule has 0 aromatic heterocycles. The van der Waals surface area contributed by atoms with Gasteiger partial charge in [-0.05, 0) is 30.7 Å². The van der Waals surface area contributed by atoms with Gasteiger partial charge in [0.2, 0.25) is 11.8 Å². The Kier molecular flexibility index (Phi) is 6.56. The number of carbonyl (C=O) groups excluding carboxylic acids is 2. The van der Waals surface area contributed by atoms with Gasteiger partial charge in [0, 0.05) is 19.2 Å². The third-order valence-electron chi connectivity index (χ3n) is 2.92. The second kappa shape index (κ2) is 8.19. The molecule has 2 amide bonds. The maximum atomic E-state index is 11.8. The molecule has 5 heteroatoms. The largest absolute Gasteiger partial charge is 0.497 e. The number of methoxy groups -OCH3 is 1. The maximum Gasteiger partial charge on any atom is 0.240 e. The van der Waals surface area contributed by atoms with Gasteiger partial charge in [-0.3, -0.25) is 9.59 Å². The highest BCUT2D eigenvalue weighted by atomic mass is 16.5. The van der Waals surface area contributed by atoms with Gasteiger partial charge in [0.1, 0.15) is 12.3 Å². The number of rotatable bonds is 7. The Bertz CT molecular complexity index is 443. The standard InChI is InChI=1S/C15H22N2O3/c1-4-5-10-16-15(19)11-17(12(2)18)13-6-8-14(20-3)9-7-13/h6-9H,4-5,10-11H2,1-3H3,(H,16,19). The number of hydrogen-bond donors (Lipinski definition) is 1. The number of nitrogens with zero attached hydrogens (tertiary/aromatic N) is 1. The van der Waals surface area contributed by atoms with Gasteiger partial charge in [0.25, 0.3) is 0 Å². The zero-order valence-electron chi connectivity index (χ0n) is 12.3. The Morgan fingerprint density at radius 2 is 1.90 bits per heavy atom. The number of amides is 2. The van der Waals surface area contributed by atoms with Crippen LogP contribution >= 0.6 is 0 Å². The average Bonchev–Trinajstić information content (AvgIpc) is 2.45. The SMILES string of the molecule is CCCCNC(=O)CN(C(C)=O)c1ccc(OC)cc1. The first-order chi connectivity index (χ1) is 9.58. The lowest BCUT2D eigenvalue weighted by atomic mass is 10.2. The molecule has 0 radical (unpaired) electrons. The molecular weight excluding hydrogens is 256 g/mol. The van der Waals surface area contributed by atoms with E-state index in [9.17, 15) is 9.59 Å². The molecule has 0 unspecified atom stereocenters. The van der Waals surface area contributed by atoms with Crippen molar-refractivity contribution in [1.29, 1.82) is 0 Å². The summed E-state index contributed by atoms with van der Waals surface area (Å²) in [4.78, 5) is 24.9. The van der Waals surface area contributed by atoms with E-state index >= 15 is 0 Å². The van der Waals surface area contributed by atoms with Crippen molar-refractivity contribution in [3.8, 4) is 5.75 Å². The predicted molar refractivity (Wildman–Crippen MR) is 78.9 cm³/mol. The Morgan fingerprint density at radius 1 is 1.25 bits per heavy atom. The van der Waals surface area contributed by atoms with E-state index in [1.807, 2.05) is 0 Å². The van der Waals surface area contributed by atoms with E-state index in [1.165, 1.54) is 11.8 Å². The van der Waals surface area contributed by atoms with Gasteiger partial charge in [-0.2, -0.15) is 0 Å². The lowest BCUT2D eigenvalue weighted by Crippen LogP contribution is -2.40. The van der Waals surface area contributed by atoms with Gasteiger partial charge < -0.3 is 15.0 Å². The summed E-state index contributed by atoms with van der Waals surface area (Å²) in [7, 11) is 1.58. The fraction of sp³-hybridized carbons (Fsp3) is 0.467. The van der Waals surface area contributed by atoms with Crippen LogP contribution in [0.15, 0.2) is 24.3 Å². The monoisotopic (exact) mass is 278 g/mol. The van der Waals surface area contributed by atoms with E-state index < -0.39 is 0 Å². The number of carbonyl (C=O) groups is 2. The molecule has 0 heterocycles. The third kappa shape index (κ3) is 4.91. The summed E-state index contributed by atoms with van der Waals surface area (Å²) in [5, 5.41) is 2.80. The quantitative estimate of drug-likeness (QED) is 0.776. The second-order valence-corrected chi connectivity index (χ2v) is 4.51. The smallest absolute Gasteiger partial charge is 0.240 e. The Morgan fingerprint density at radius 3 is 2.40 bits per heavy atom. The molecule has 110 valence electrons. The first kappa shape index (κ1) is 16.0. The van der Waals surface area contributed by atoms with Crippen molar-refractivity contribution >= 4 is 17.5 Å². The lowest BCUT2D eigenvalue weighted by Gasteiger charge is -2.20. The van der Waals surface area contributed by atoms with Crippen molar-refractivity contribution in [2.75, 3.05) is 25.1 Å². The highest BCUT2D eigenvalue weighted by Crippen LogP contribution is 2.19. The second-order valence-electron chi connectivity index (χ2n) is 4.51. The van der Waals surface area contributed by atoms with Gasteiger partial charge in [-0.1, -0.05) is 13.3 Å². The molecule has 0 spiro atoms. The summed E-state index contributed by atoms with van der Waals surface area (Å²) in [5.74, 6) is 0.398. The molecule has 0 fully saturated rings. The molecule has 0 saturated carbocycles. The summed E-state index contributed by atoms with van der Waals surface area (Å²) in [6.07, 6.45) is 1.96. The van der Waals surface area contributed by atoms with Crippen molar-refractivity contribution in [3.05, 3.63) is 24.3 Å². The van der Waals surface area contributed by atoms with E-state index in [0.717, 1.165) is 12.8 Å². The number of nitrogens with one attached hydrogen (secondary N) is 1. The van der Waals surface area contributed by atoms with Gasteiger partial charge in [-0.15, -0.1) is 0 Å². The zero-order chi connectivity index (χ0) is 15.0. The van der Waals surface area contributed by atoms with Crippen molar-refractivity contribution < 1.29 is 14.3 Å². The number of anilines is 1. The molecule has 20 heavy (non-hydrogen) atoms. The fourth-order valence-corrected chi connectivity index (χ4v) is 1.75. The minimum atomic E-state index is -0.166. The van der Waals surface area contributed by atoms with Crippen LogP contribution in [-0.4, -0.2) is 32.0 Å². The van der Waals surface area contributed by atoms with Crippen LogP contribution in [-0.2, 0) is 9.59 Å². The number of hydrogen-bond acceptors (Lipinski definition) is 3. The summed E-state index contributed by atoms with van der Waals surface area (Å²) in [6, 6.07) is 7.06. The molecule has 0 bridgehead atoms. The van der Waals surface area contributed by atoms with Crippen LogP contribution in [0.3, 0.4) is 0 Å². The molecule has 1 aromatic rings. The maximum absolute atomic E-state index is 11.8. The third-order valence-corrected chi connectivity index (χ3v) is 2.92. The Balaban J connectivity index is 2.68. The zero-order valence-corrected chi connectivity index (χ0v) is 12.3. The van der Waals surface area contributed by atoms with Crippen LogP contribution in [0.1, 0.15) is 26.7 Å². The van der Waals surface area contributed by atoms with Crippen LogP contribution in [0.2, 0.25) is 0 Å². The normalized spacial score (nSPS) is 9.95. The number of benzene rings is 1.